The number of allylic oxidation sites excluding steroid dienone is 12. The maximum atomic E-state index is 12.8. The van der Waals surface area contributed by atoms with Crippen LogP contribution in [0.5, 0.6) is 0 Å². The number of rotatable bonds is 20. The minimum atomic E-state index is -1.34. The van der Waals surface area contributed by atoms with Crippen molar-refractivity contribution in [3.05, 3.63) is 121 Å². The zero-order valence-electron chi connectivity index (χ0n) is 27.3. The Labute approximate surface area is 273 Å². The summed E-state index contributed by atoms with van der Waals surface area (Å²) in [5.41, 5.74) is -0.743. The van der Waals surface area contributed by atoms with E-state index in [1.165, 1.54) is 7.11 Å². The number of benzene rings is 1. The van der Waals surface area contributed by atoms with Crippen molar-refractivity contribution < 1.29 is 28.7 Å². The number of amides is 2. The lowest BCUT2D eigenvalue weighted by Crippen LogP contribution is -2.49. The number of methoxy groups -OCH3 is 1. The molecule has 0 aromatic heterocycles. The van der Waals surface area contributed by atoms with Crippen LogP contribution < -0.4 is 10.6 Å². The van der Waals surface area contributed by atoms with Crippen molar-refractivity contribution >= 4 is 23.6 Å². The van der Waals surface area contributed by atoms with E-state index in [0.717, 1.165) is 44.6 Å². The van der Waals surface area contributed by atoms with Crippen molar-refractivity contribution in [1.82, 2.24) is 10.6 Å². The zero-order valence-corrected chi connectivity index (χ0v) is 27.3. The number of carbonyl (C=O) groups is 4. The van der Waals surface area contributed by atoms with E-state index in [4.69, 9.17) is 9.47 Å². The molecule has 2 N–H and O–H groups in total. The Balaban J connectivity index is 1.64. The predicted molar refractivity (Wildman–Crippen MR) is 182 cm³/mol. The highest BCUT2D eigenvalue weighted by Crippen LogP contribution is 2.34. The first-order valence-electron chi connectivity index (χ1n) is 15.9. The first-order chi connectivity index (χ1) is 22.3. The van der Waals surface area contributed by atoms with Gasteiger partial charge in [-0.15, -0.1) is 0 Å². The van der Waals surface area contributed by atoms with Crippen molar-refractivity contribution in [3.8, 4) is 0 Å². The summed E-state index contributed by atoms with van der Waals surface area (Å²) in [5, 5.41) is 5.15. The minimum Gasteiger partial charge on any atom is -0.469 e. The van der Waals surface area contributed by atoms with E-state index in [1.807, 2.05) is 18.2 Å². The Kier molecular flexibility index (Phi) is 17.8. The molecule has 8 nitrogen and oxygen atoms in total. The van der Waals surface area contributed by atoms with Gasteiger partial charge in [0.1, 0.15) is 6.04 Å². The van der Waals surface area contributed by atoms with Gasteiger partial charge in [-0.25, -0.2) is 4.79 Å². The summed E-state index contributed by atoms with van der Waals surface area (Å²) in [6, 6.07) is 7.67. The summed E-state index contributed by atoms with van der Waals surface area (Å²) in [6.45, 7) is 3.55. The molecule has 8 heteroatoms. The third kappa shape index (κ3) is 13.9. The topological polar surface area (TPSA) is 111 Å². The van der Waals surface area contributed by atoms with Gasteiger partial charge < -0.3 is 20.1 Å². The second kappa shape index (κ2) is 21.9. The molecule has 1 aliphatic heterocycles. The van der Waals surface area contributed by atoms with E-state index in [1.54, 1.807) is 31.2 Å². The molecule has 1 aromatic carbocycles. The predicted octanol–water partition coefficient (Wildman–Crippen LogP) is 6.64. The van der Waals surface area contributed by atoms with Gasteiger partial charge in [0.05, 0.1) is 7.11 Å². The Morgan fingerprint density at radius 2 is 1.35 bits per heavy atom. The second-order valence-corrected chi connectivity index (χ2v) is 10.7. The number of esters is 1. The lowest BCUT2D eigenvalue weighted by atomic mass is 9.92. The van der Waals surface area contributed by atoms with Crippen LogP contribution in [0.25, 0.3) is 0 Å². The van der Waals surface area contributed by atoms with Gasteiger partial charge in [0.15, 0.2) is 11.4 Å². The molecular weight excluding hydrogens is 580 g/mol. The van der Waals surface area contributed by atoms with Gasteiger partial charge in [0.25, 0.3) is 5.91 Å². The molecule has 0 saturated carbocycles. The summed E-state index contributed by atoms with van der Waals surface area (Å²) >= 11 is 0. The van der Waals surface area contributed by atoms with E-state index in [9.17, 15) is 19.2 Å². The average Bonchev–Trinajstić information content (AvgIpc) is 3.38. The molecule has 2 amide bonds. The highest BCUT2D eigenvalue weighted by atomic mass is 16.5. The summed E-state index contributed by atoms with van der Waals surface area (Å²) in [4.78, 5) is 50.1. The molecule has 0 aliphatic carbocycles. The van der Waals surface area contributed by atoms with Crippen LogP contribution in [0, 0.1) is 0 Å². The van der Waals surface area contributed by atoms with Gasteiger partial charge in [-0.2, -0.15) is 0 Å². The molecule has 246 valence electrons. The van der Waals surface area contributed by atoms with Crippen LogP contribution in [0.3, 0.4) is 0 Å². The molecular formula is C38H48N2O6. The van der Waals surface area contributed by atoms with Gasteiger partial charge >= 0.3 is 5.97 Å². The monoisotopic (exact) mass is 628 g/mol. The van der Waals surface area contributed by atoms with E-state index in [-0.39, 0.29) is 30.4 Å². The van der Waals surface area contributed by atoms with Gasteiger partial charge in [-0.05, 0) is 51.9 Å². The standard InChI is InChI=1S/C38H48N2O6/c1-4-5-6-7-8-9-10-11-12-13-14-15-16-17-18-19-20-21-25-28-35(42)39-30-32(37(44)45-3)40-36(43)33-29-34(41)38(2,46-33)31-26-23-22-24-27-31/h5-6,8-9,11-12,14-15,17-18,20-24,26-27,29,32H,4,7,10,13,16,19,25,28,30H2,1-3H3,(H,39,42)(H,40,43)/b6-5-,9-8-,12-11-,15-14-,18-17-,21-20?. The number of hydrogen-bond donors (Lipinski definition) is 2. The SMILES string of the molecule is CC/C=C\C/C=C\C/C=C\C/C=C\C/C=C\CC=CCCC(=O)NCC(NC(=O)C1=CC(=O)C(C)(c2ccccc2)O1)C(=O)OC. The molecule has 0 bridgehead atoms. The molecule has 0 fully saturated rings. The quantitative estimate of drug-likeness (QED) is 0.124. The fourth-order valence-corrected chi connectivity index (χ4v) is 4.35. The number of nitrogens with one attached hydrogen (secondary N) is 2. The van der Waals surface area contributed by atoms with Gasteiger partial charge in [0, 0.05) is 24.6 Å². The molecule has 2 rings (SSSR count). The zero-order chi connectivity index (χ0) is 33.5. The lowest BCUT2D eigenvalue weighted by Gasteiger charge is -2.24. The lowest BCUT2D eigenvalue weighted by molar-refractivity contribution is -0.145. The van der Waals surface area contributed by atoms with Gasteiger partial charge in [-0.1, -0.05) is 110 Å². The van der Waals surface area contributed by atoms with Crippen LogP contribution in [0.1, 0.15) is 70.8 Å². The van der Waals surface area contributed by atoms with Crippen LogP contribution in [-0.2, 0) is 34.3 Å². The first-order valence-corrected chi connectivity index (χ1v) is 15.9. The summed E-state index contributed by atoms with van der Waals surface area (Å²) in [5.74, 6) is -2.36. The maximum Gasteiger partial charge on any atom is 0.330 e. The molecule has 0 spiro atoms. The smallest absolute Gasteiger partial charge is 0.330 e. The molecule has 1 heterocycles. The van der Waals surface area contributed by atoms with E-state index in [0.29, 0.717) is 12.0 Å². The van der Waals surface area contributed by atoms with Gasteiger partial charge in [-0.3, -0.25) is 14.4 Å². The van der Waals surface area contributed by atoms with Crippen LogP contribution in [-0.4, -0.2) is 43.3 Å². The largest absolute Gasteiger partial charge is 0.469 e. The Hall–Kier alpha value is -4.72. The molecule has 0 saturated heterocycles. The van der Waals surface area contributed by atoms with Crippen molar-refractivity contribution in [3.63, 3.8) is 0 Å². The number of hydrogen-bond acceptors (Lipinski definition) is 6. The molecule has 2 atom stereocenters. The summed E-state index contributed by atoms with van der Waals surface area (Å²) in [6.07, 6.45) is 33.0. The van der Waals surface area contributed by atoms with Crippen molar-refractivity contribution in [2.24, 2.45) is 0 Å². The van der Waals surface area contributed by atoms with E-state index >= 15 is 0 Å². The molecule has 1 aromatic rings. The first kappa shape index (κ1) is 37.5. The van der Waals surface area contributed by atoms with E-state index < -0.39 is 23.5 Å². The van der Waals surface area contributed by atoms with Gasteiger partial charge in [0.2, 0.25) is 11.7 Å². The molecule has 2 unspecified atom stereocenters. The van der Waals surface area contributed by atoms with Crippen LogP contribution in [0.15, 0.2) is 115 Å². The molecule has 1 aliphatic rings. The van der Waals surface area contributed by atoms with Crippen LogP contribution in [0.4, 0.5) is 0 Å². The Morgan fingerprint density at radius 3 is 1.87 bits per heavy atom. The highest BCUT2D eigenvalue weighted by Gasteiger charge is 2.44. The fraction of sp³-hybridized carbons (Fsp3) is 0.368. The molecule has 0 radical (unpaired) electrons. The number of ether oxygens (including phenoxy) is 2. The normalized spacial score (nSPS) is 17.5. The molecule has 46 heavy (non-hydrogen) atoms. The summed E-state index contributed by atoms with van der Waals surface area (Å²) < 4.78 is 10.5. The van der Waals surface area contributed by atoms with Crippen molar-refractivity contribution in [1.29, 1.82) is 0 Å². The maximum absolute atomic E-state index is 12.8. The Bertz CT molecular complexity index is 1340. The highest BCUT2D eigenvalue weighted by molar-refractivity contribution is 6.08. The van der Waals surface area contributed by atoms with Crippen molar-refractivity contribution in [2.45, 2.75) is 76.9 Å². The number of carbonyl (C=O) groups excluding carboxylic acids is 4. The van der Waals surface area contributed by atoms with Crippen LogP contribution >= 0.6 is 0 Å². The third-order valence-corrected chi connectivity index (χ3v) is 7.02. The third-order valence-electron chi connectivity index (χ3n) is 7.02. The van der Waals surface area contributed by atoms with Crippen LogP contribution in [0.2, 0.25) is 0 Å². The number of ketones is 1. The van der Waals surface area contributed by atoms with E-state index in [2.05, 4.69) is 78.3 Å². The Morgan fingerprint density at radius 1 is 0.826 bits per heavy atom. The summed E-state index contributed by atoms with van der Waals surface area (Å²) in [7, 11) is 1.19. The van der Waals surface area contributed by atoms with Crippen molar-refractivity contribution in [2.75, 3.05) is 13.7 Å². The fourth-order valence-electron chi connectivity index (χ4n) is 4.35. The average molecular weight is 629 g/mol. The second-order valence-electron chi connectivity index (χ2n) is 10.7. The minimum absolute atomic E-state index is 0.168.